The normalized spacial score (nSPS) is 15.2. The van der Waals surface area contributed by atoms with Crippen LogP contribution < -0.4 is 26.2 Å². The van der Waals surface area contributed by atoms with E-state index in [0.717, 1.165) is 18.2 Å². The molecule has 34 heavy (non-hydrogen) atoms. The molecule has 0 saturated carbocycles. The maximum atomic E-state index is 13.0. The molecule has 1 aliphatic rings. The number of methoxy groups -OCH3 is 1. The number of alkyl halides is 3. The Bertz CT molecular complexity index is 1310. The Morgan fingerprint density at radius 2 is 1.85 bits per heavy atom. The number of nitrogens with zero attached hydrogens (tertiary/aromatic N) is 1. The molecule has 0 spiro atoms. The number of aromatic nitrogens is 2. The number of carbonyl (C=O) groups is 2. The summed E-state index contributed by atoms with van der Waals surface area (Å²) in [6.45, 7) is 0. The number of ether oxygens (including phenoxy) is 1. The van der Waals surface area contributed by atoms with Crippen molar-refractivity contribution < 1.29 is 27.5 Å². The van der Waals surface area contributed by atoms with Gasteiger partial charge in [0.2, 0.25) is 17.8 Å². The highest BCUT2D eigenvalue weighted by atomic mass is 19.4. The monoisotopic (exact) mass is 473 g/mol. The van der Waals surface area contributed by atoms with Crippen LogP contribution in [0.4, 0.5) is 36.3 Å². The molecule has 0 bridgehead atoms. The summed E-state index contributed by atoms with van der Waals surface area (Å²) in [7, 11) is 1.52. The first kappa shape index (κ1) is 22.8. The average Bonchev–Trinajstić information content (AvgIpc) is 2.78. The van der Waals surface area contributed by atoms with Crippen LogP contribution in [0.15, 0.2) is 53.3 Å². The van der Waals surface area contributed by atoms with Crippen molar-refractivity contribution in [3.05, 3.63) is 70.0 Å². The SMILES string of the molecule is COc1ccc(Nc2nc3c(c(=O)[nH]2)C(C(=O)Nc2cccc(C(F)(F)F)c2)CC(=O)N3)cc1. The first-order chi connectivity index (χ1) is 16.1. The molecule has 3 aromatic rings. The van der Waals surface area contributed by atoms with Crippen molar-refractivity contribution in [2.75, 3.05) is 23.1 Å². The predicted molar refractivity (Wildman–Crippen MR) is 117 cm³/mol. The van der Waals surface area contributed by atoms with Crippen LogP contribution >= 0.6 is 0 Å². The van der Waals surface area contributed by atoms with Crippen molar-refractivity contribution in [2.24, 2.45) is 0 Å². The number of hydrogen-bond acceptors (Lipinski definition) is 6. The molecule has 1 unspecified atom stereocenters. The van der Waals surface area contributed by atoms with Crippen LogP contribution in [-0.4, -0.2) is 28.9 Å². The number of carbonyl (C=O) groups excluding carboxylic acids is 2. The molecule has 0 radical (unpaired) electrons. The summed E-state index contributed by atoms with van der Waals surface area (Å²) in [4.78, 5) is 44.6. The average molecular weight is 473 g/mol. The highest BCUT2D eigenvalue weighted by Gasteiger charge is 2.35. The molecule has 2 aromatic carbocycles. The Morgan fingerprint density at radius 3 is 2.53 bits per heavy atom. The number of anilines is 4. The summed E-state index contributed by atoms with van der Waals surface area (Å²) >= 11 is 0. The fourth-order valence-corrected chi connectivity index (χ4v) is 3.47. The highest BCUT2D eigenvalue weighted by molar-refractivity contribution is 6.04. The van der Waals surface area contributed by atoms with E-state index in [1.165, 1.54) is 13.2 Å². The second-order valence-corrected chi connectivity index (χ2v) is 7.40. The molecule has 1 aliphatic heterocycles. The first-order valence-electron chi connectivity index (χ1n) is 9.97. The minimum absolute atomic E-state index is 0.0214. The number of rotatable bonds is 5. The van der Waals surface area contributed by atoms with E-state index >= 15 is 0 Å². The quantitative estimate of drug-likeness (QED) is 0.449. The van der Waals surface area contributed by atoms with Crippen molar-refractivity contribution in [2.45, 2.75) is 18.5 Å². The minimum atomic E-state index is -4.59. The predicted octanol–water partition coefficient (Wildman–Crippen LogP) is 3.61. The maximum Gasteiger partial charge on any atom is 0.416 e. The molecular weight excluding hydrogens is 455 g/mol. The van der Waals surface area contributed by atoms with E-state index in [2.05, 4.69) is 25.9 Å². The lowest BCUT2D eigenvalue weighted by molar-refractivity contribution is -0.137. The van der Waals surface area contributed by atoms with E-state index in [0.29, 0.717) is 11.4 Å². The van der Waals surface area contributed by atoms with Gasteiger partial charge in [-0.3, -0.25) is 19.4 Å². The Hall–Kier alpha value is -4.35. The molecule has 4 N–H and O–H groups in total. The van der Waals surface area contributed by atoms with Gasteiger partial charge in [0, 0.05) is 17.8 Å². The van der Waals surface area contributed by atoms with Crippen LogP contribution in [0.1, 0.15) is 23.5 Å². The van der Waals surface area contributed by atoms with Crippen molar-refractivity contribution in [1.29, 1.82) is 0 Å². The van der Waals surface area contributed by atoms with Crippen LogP contribution in [0.2, 0.25) is 0 Å². The van der Waals surface area contributed by atoms with Crippen LogP contribution in [0.25, 0.3) is 0 Å². The molecule has 2 heterocycles. The van der Waals surface area contributed by atoms with E-state index in [1.54, 1.807) is 24.3 Å². The van der Waals surface area contributed by atoms with Gasteiger partial charge in [-0.1, -0.05) is 6.07 Å². The van der Waals surface area contributed by atoms with Gasteiger partial charge in [0.25, 0.3) is 5.56 Å². The third-order valence-corrected chi connectivity index (χ3v) is 5.08. The molecule has 12 heteroatoms. The number of H-pyrrole nitrogens is 1. The topological polar surface area (TPSA) is 125 Å². The number of benzene rings is 2. The number of nitrogens with one attached hydrogen (secondary N) is 4. The third kappa shape index (κ3) is 4.85. The summed E-state index contributed by atoms with van der Waals surface area (Å²) in [5.41, 5.74) is -1.25. The van der Waals surface area contributed by atoms with Gasteiger partial charge in [-0.25, -0.2) is 0 Å². The van der Waals surface area contributed by atoms with Crippen LogP contribution in [0, 0.1) is 0 Å². The van der Waals surface area contributed by atoms with Gasteiger partial charge in [-0.15, -0.1) is 0 Å². The first-order valence-corrected chi connectivity index (χ1v) is 9.97. The smallest absolute Gasteiger partial charge is 0.416 e. The van der Waals surface area contributed by atoms with Gasteiger partial charge < -0.3 is 20.7 Å². The molecule has 0 fully saturated rings. The molecule has 9 nitrogen and oxygen atoms in total. The zero-order chi connectivity index (χ0) is 24.5. The molecule has 176 valence electrons. The number of hydrogen-bond donors (Lipinski definition) is 4. The van der Waals surface area contributed by atoms with Gasteiger partial charge in [0.15, 0.2) is 0 Å². The van der Waals surface area contributed by atoms with Crippen molar-refractivity contribution in [3.8, 4) is 5.75 Å². The van der Waals surface area contributed by atoms with Crippen molar-refractivity contribution in [3.63, 3.8) is 0 Å². The summed E-state index contributed by atoms with van der Waals surface area (Å²) in [6.07, 6.45) is -4.96. The molecule has 0 aliphatic carbocycles. The Kier molecular flexibility index (Phi) is 5.97. The number of amides is 2. The van der Waals surface area contributed by atoms with Crippen LogP contribution in [0.5, 0.6) is 5.75 Å². The summed E-state index contributed by atoms with van der Waals surface area (Å²) < 4.78 is 44.0. The Morgan fingerprint density at radius 1 is 1.12 bits per heavy atom. The zero-order valence-electron chi connectivity index (χ0n) is 17.6. The van der Waals surface area contributed by atoms with Gasteiger partial charge in [0.1, 0.15) is 11.6 Å². The number of fused-ring (bicyclic) bond motifs is 1. The lowest BCUT2D eigenvalue weighted by Crippen LogP contribution is -2.36. The lowest BCUT2D eigenvalue weighted by atomic mass is 9.92. The molecule has 2 amide bonds. The van der Waals surface area contributed by atoms with E-state index in [9.17, 15) is 27.6 Å². The Balaban J connectivity index is 1.60. The standard InChI is InChI=1S/C22H18F3N5O4/c1-34-14-7-5-12(6-8-14)27-21-29-18-17(20(33)30-21)15(10-16(31)28-18)19(32)26-13-4-2-3-11(9-13)22(23,24)25/h2-9,15H,10H2,1H3,(H,26,32)(H3,27,28,29,30,31,33). The van der Waals surface area contributed by atoms with Crippen LogP contribution in [-0.2, 0) is 15.8 Å². The minimum Gasteiger partial charge on any atom is -0.497 e. The second-order valence-electron chi connectivity index (χ2n) is 7.40. The maximum absolute atomic E-state index is 13.0. The highest BCUT2D eigenvalue weighted by Crippen LogP contribution is 2.33. The molecule has 0 saturated heterocycles. The summed E-state index contributed by atoms with van der Waals surface area (Å²) in [5, 5.41) is 7.70. The van der Waals surface area contributed by atoms with Gasteiger partial charge >= 0.3 is 6.18 Å². The number of aromatic amines is 1. The van der Waals surface area contributed by atoms with E-state index < -0.39 is 35.0 Å². The van der Waals surface area contributed by atoms with Gasteiger partial charge in [-0.05, 0) is 42.5 Å². The summed E-state index contributed by atoms with van der Waals surface area (Å²) in [5.74, 6) is -2.08. The third-order valence-electron chi connectivity index (χ3n) is 5.08. The van der Waals surface area contributed by atoms with Gasteiger partial charge in [-0.2, -0.15) is 18.2 Å². The molecule has 1 aromatic heterocycles. The van der Waals surface area contributed by atoms with E-state index in [1.807, 2.05) is 0 Å². The molecule has 4 rings (SSSR count). The van der Waals surface area contributed by atoms with Gasteiger partial charge in [0.05, 0.1) is 24.2 Å². The fraction of sp³-hybridized carbons (Fsp3) is 0.182. The van der Waals surface area contributed by atoms with Crippen LogP contribution in [0.3, 0.4) is 0 Å². The molecular formula is C22H18F3N5O4. The van der Waals surface area contributed by atoms with Crippen molar-refractivity contribution >= 4 is 35.0 Å². The lowest BCUT2D eigenvalue weighted by Gasteiger charge is -2.23. The number of halogens is 3. The molecule has 1 atom stereocenters. The fourth-order valence-electron chi connectivity index (χ4n) is 3.47. The van der Waals surface area contributed by atoms with E-state index in [-0.39, 0.29) is 29.4 Å². The van der Waals surface area contributed by atoms with Crippen molar-refractivity contribution in [1.82, 2.24) is 9.97 Å². The Labute approximate surface area is 190 Å². The largest absolute Gasteiger partial charge is 0.497 e. The summed E-state index contributed by atoms with van der Waals surface area (Å²) in [6, 6.07) is 10.8. The second kappa shape index (κ2) is 8.89. The zero-order valence-corrected chi connectivity index (χ0v) is 17.6. The van der Waals surface area contributed by atoms with E-state index in [4.69, 9.17) is 4.74 Å².